The highest BCUT2D eigenvalue weighted by molar-refractivity contribution is 5.54. The Morgan fingerprint density at radius 3 is 2.77 bits per heavy atom. The van der Waals surface area contributed by atoms with E-state index in [1.807, 2.05) is 12.1 Å². The van der Waals surface area contributed by atoms with Crippen LogP contribution in [-0.4, -0.2) is 26.5 Å². The summed E-state index contributed by atoms with van der Waals surface area (Å²) in [5.41, 5.74) is 1.50. The number of alkyl halides is 1. The SMILES string of the molecule is FCc1c(OC[C@H]2CNCC[C@@H]2c2ccc(F)cc2)ccc2c1OCO2. The van der Waals surface area contributed by atoms with Crippen molar-refractivity contribution in [2.75, 3.05) is 26.5 Å². The molecule has 0 radical (unpaired) electrons. The predicted molar refractivity (Wildman–Crippen MR) is 93.0 cm³/mol. The van der Waals surface area contributed by atoms with Gasteiger partial charge in [0.1, 0.15) is 18.2 Å². The number of piperidine rings is 1. The molecule has 1 saturated heterocycles. The maximum absolute atomic E-state index is 13.5. The lowest BCUT2D eigenvalue weighted by Crippen LogP contribution is -2.38. The van der Waals surface area contributed by atoms with E-state index in [0.29, 0.717) is 29.4 Å². The van der Waals surface area contributed by atoms with Gasteiger partial charge < -0.3 is 19.5 Å². The molecule has 0 bridgehead atoms. The Labute approximate surface area is 151 Å². The molecule has 1 fully saturated rings. The molecule has 138 valence electrons. The molecule has 2 aromatic rings. The van der Waals surface area contributed by atoms with Crippen molar-refractivity contribution in [1.29, 1.82) is 0 Å². The molecule has 2 aliphatic heterocycles. The molecule has 0 unspecified atom stereocenters. The van der Waals surface area contributed by atoms with Gasteiger partial charge in [-0.1, -0.05) is 12.1 Å². The zero-order chi connectivity index (χ0) is 17.9. The third-order valence-corrected chi connectivity index (χ3v) is 5.09. The van der Waals surface area contributed by atoms with Crippen LogP contribution in [0.2, 0.25) is 0 Å². The molecule has 26 heavy (non-hydrogen) atoms. The number of hydrogen-bond acceptors (Lipinski definition) is 4. The van der Waals surface area contributed by atoms with Crippen LogP contribution in [0, 0.1) is 11.7 Å². The van der Waals surface area contributed by atoms with Crippen LogP contribution in [0.1, 0.15) is 23.5 Å². The lowest BCUT2D eigenvalue weighted by molar-refractivity contribution is 0.171. The molecule has 6 heteroatoms. The van der Waals surface area contributed by atoms with Crippen molar-refractivity contribution < 1.29 is 23.0 Å². The average molecular weight is 361 g/mol. The first-order valence-electron chi connectivity index (χ1n) is 8.82. The summed E-state index contributed by atoms with van der Waals surface area (Å²) in [6.45, 7) is 1.59. The van der Waals surface area contributed by atoms with E-state index in [1.165, 1.54) is 12.1 Å². The first-order valence-corrected chi connectivity index (χ1v) is 8.82. The molecule has 0 aliphatic carbocycles. The molecule has 1 N–H and O–H groups in total. The minimum absolute atomic E-state index is 0.102. The molecular formula is C20H21F2NO3. The van der Waals surface area contributed by atoms with Crippen LogP contribution >= 0.6 is 0 Å². The van der Waals surface area contributed by atoms with E-state index in [1.54, 1.807) is 12.1 Å². The fourth-order valence-electron chi connectivity index (χ4n) is 3.72. The largest absolute Gasteiger partial charge is 0.493 e. The van der Waals surface area contributed by atoms with Crippen molar-refractivity contribution in [3.05, 3.63) is 53.3 Å². The van der Waals surface area contributed by atoms with E-state index in [0.717, 1.165) is 25.1 Å². The van der Waals surface area contributed by atoms with Crippen LogP contribution in [0.5, 0.6) is 17.2 Å². The van der Waals surface area contributed by atoms with E-state index in [2.05, 4.69) is 5.32 Å². The summed E-state index contributed by atoms with van der Waals surface area (Å²) < 4.78 is 43.4. The monoisotopic (exact) mass is 361 g/mol. The van der Waals surface area contributed by atoms with Crippen molar-refractivity contribution in [3.63, 3.8) is 0 Å². The van der Waals surface area contributed by atoms with Gasteiger partial charge in [-0.25, -0.2) is 8.78 Å². The number of fused-ring (bicyclic) bond motifs is 1. The smallest absolute Gasteiger partial charge is 0.231 e. The van der Waals surface area contributed by atoms with Gasteiger partial charge in [0, 0.05) is 12.5 Å². The molecule has 4 rings (SSSR count). The van der Waals surface area contributed by atoms with Crippen LogP contribution in [0.4, 0.5) is 8.78 Å². The second-order valence-corrected chi connectivity index (χ2v) is 6.63. The molecule has 0 spiro atoms. The van der Waals surface area contributed by atoms with Gasteiger partial charge in [-0.3, -0.25) is 0 Å². The lowest BCUT2D eigenvalue weighted by atomic mass is 9.81. The highest BCUT2D eigenvalue weighted by atomic mass is 19.1. The summed E-state index contributed by atoms with van der Waals surface area (Å²) in [7, 11) is 0. The fraction of sp³-hybridized carbons (Fsp3) is 0.400. The van der Waals surface area contributed by atoms with Crippen molar-refractivity contribution in [2.45, 2.75) is 19.0 Å². The molecule has 2 aromatic carbocycles. The quantitative estimate of drug-likeness (QED) is 0.879. The number of rotatable bonds is 5. The standard InChI is InChI=1S/C20H21F2NO3/c21-9-17-18(5-6-19-20(17)26-12-25-19)24-11-14-10-23-8-7-16(14)13-1-3-15(22)4-2-13/h1-6,14,16,23H,7-12H2/t14-,16-/m1/s1. The van der Waals surface area contributed by atoms with Crippen molar-refractivity contribution >= 4 is 0 Å². The minimum atomic E-state index is -0.674. The number of halogens is 2. The Hall–Kier alpha value is -2.34. The van der Waals surface area contributed by atoms with Gasteiger partial charge in [0.15, 0.2) is 11.5 Å². The van der Waals surface area contributed by atoms with Gasteiger partial charge in [-0.2, -0.15) is 0 Å². The van der Waals surface area contributed by atoms with E-state index in [-0.39, 0.29) is 24.4 Å². The molecule has 2 atom stereocenters. The van der Waals surface area contributed by atoms with Gasteiger partial charge in [0.2, 0.25) is 6.79 Å². The predicted octanol–water partition coefficient (Wildman–Crippen LogP) is 3.80. The van der Waals surface area contributed by atoms with E-state index >= 15 is 0 Å². The van der Waals surface area contributed by atoms with Gasteiger partial charge in [-0.15, -0.1) is 0 Å². The molecule has 0 saturated carbocycles. The third kappa shape index (κ3) is 3.33. The summed E-state index contributed by atoms with van der Waals surface area (Å²) >= 11 is 0. The normalized spacial score (nSPS) is 21.6. The molecule has 0 amide bonds. The maximum atomic E-state index is 13.5. The number of benzene rings is 2. The first kappa shape index (κ1) is 17.1. The first-order chi connectivity index (χ1) is 12.8. The van der Waals surface area contributed by atoms with E-state index in [9.17, 15) is 8.78 Å². The topological polar surface area (TPSA) is 39.7 Å². The summed E-state index contributed by atoms with van der Waals surface area (Å²) in [6.07, 6.45) is 0.955. The van der Waals surface area contributed by atoms with E-state index in [4.69, 9.17) is 14.2 Å². The Morgan fingerprint density at radius 1 is 1.12 bits per heavy atom. The molecule has 2 heterocycles. The van der Waals surface area contributed by atoms with Crippen LogP contribution in [0.3, 0.4) is 0 Å². The molecule has 4 nitrogen and oxygen atoms in total. The zero-order valence-corrected chi connectivity index (χ0v) is 14.3. The lowest BCUT2D eigenvalue weighted by Gasteiger charge is -2.32. The highest BCUT2D eigenvalue weighted by Crippen LogP contribution is 2.41. The zero-order valence-electron chi connectivity index (χ0n) is 14.3. The van der Waals surface area contributed by atoms with Crippen LogP contribution < -0.4 is 19.5 Å². The molecular weight excluding hydrogens is 340 g/mol. The van der Waals surface area contributed by atoms with Gasteiger partial charge in [0.05, 0.1) is 12.2 Å². The van der Waals surface area contributed by atoms with Crippen molar-refractivity contribution in [2.24, 2.45) is 5.92 Å². The third-order valence-electron chi connectivity index (χ3n) is 5.09. The van der Waals surface area contributed by atoms with Crippen LogP contribution in [0.25, 0.3) is 0 Å². The Kier molecular flexibility index (Phi) is 4.93. The molecule has 2 aliphatic rings. The van der Waals surface area contributed by atoms with Crippen molar-refractivity contribution in [3.8, 4) is 17.2 Å². The van der Waals surface area contributed by atoms with Gasteiger partial charge in [0.25, 0.3) is 0 Å². The summed E-state index contributed by atoms with van der Waals surface area (Å²) in [4.78, 5) is 0. The average Bonchev–Trinajstić information content (AvgIpc) is 3.15. The minimum Gasteiger partial charge on any atom is -0.493 e. The number of hydrogen-bond donors (Lipinski definition) is 1. The van der Waals surface area contributed by atoms with Crippen molar-refractivity contribution in [1.82, 2.24) is 5.32 Å². The summed E-state index contributed by atoms with van der Waals surface area (Å²) in [5.74, 6) is 1.73. The maximum Gasteiger partial charge on any atom is 0.231 e. The Balaban J connectivity index is 1.50. The Morgan fingerprint density at radius 2 is 1.96 bits per heavy atom. The van der Waals surface area contributed by atoms with Gasteiger partial charge >= 0.3 is 0 Å². The van der Waals surface area contributed by atoms with E-state index < -0.39 is 6.67 Å². The van der Waals surface area contributed by atoms with Gasteiger partial charge in [-0.05, 0) is 48.7 Å². The van der Waals surface area contributed by atoms with Crippen LogP contribution in [-0.2, 0) is 6.67 Å². The highest BCUT2D eigenvalue weighted by Gasteiger charge is 2.28. The fourth-order valence-corrected chi connectivity index (χ4v) is 3.72. The Bertz CT molecular complexity index is 766. The number of ether oxygens (including phenoxy) is 3. The molecule has 0 aromatic heterocycles. The van der Waals surface area contributed by atoms with Crippen LogP contribution in [0.15, 0.2) is 36.4 Å². The summed E-state index contributed by atoms with van der Waals surface area (Å²) in [5, 5.41) is 3.38. The summed E-state index contributed by atoms with van der Waals surface area (Å²) in [6, 6.07) is 10.1. The second kappa shape index (κ2) is 7.50. The number of nitrogens with one attached hydrogen (secondary N) is 1. The second-order valence-electron chi connectivity index (χ2n) is 6.63.